The van der Waals surface area contributed by atoms with E-state index >= 15 is 0 Å². The highest BCUT2D eigenvalue weighted by molar-refractivity contribution is 7.92. The van der Waals surface area contributed by atoms with Crippen LogP contribution in [-0.2, 0) is 16.6 Å². The normalized spacial score (nSPS) is 11.0. The third-order valence-corrected chi connectivity index (χ3v) is 6.87. The zero-order valence-corrected chi connectivity index (χ0v) is 20.4. The first-order chi connectivity index (χ1) is 16.8. The number of benzene rings is 4. The number of sulfonamides is 1. The maximum absolute atomic E-state index is 12.7. The van der Waals surface area contributed by atoms with E-state index in [9.17, 15) is 13.2 Å². The number of hydrogen-bond acceptors (Lipinski definition) is 4. The summed E-state index contributed by atoms with van der Waals surface area (Å²) in [4.78, 5) is 12.9. The number of aryl methyl sites for hydroxylation is 1. The van der Waals surface area contributed by atoms with Crippen LogP contribution in [0, 0.1) is 6.92 Å². The van der Waals surface area contributed by atoms with Crippen molar-refractivity contribution in [3.8, 4) is 5.75 Å². The van der Waals surface area contributed by atoms with Crippen LogP contribution in [0.1, 0.15) is 21.5 Å². The van der Waals surface area contributed by atoms with Crippen LogP contribution < -0.4 is 14.8 Å². The van der Waals surface area contributed by atoms with Gasteiger partial charge in [-0.05, 0) is 67.1 Å². The first kappa shape index (κ1) is 24.3. The number of carbonyl (C=O) groups excluding carboxylic acids is 1. The Hall–Kier alpha value is -3.81. The summed E-state index contributed by atoms with van der Waals surface area (Å²) in [6.07, 6.45) is 0. The lowest BCUT2D eigenvalue weighted by Crippen LogP contribution is -2.15. The monoisotopic (exact) mass is 506 g/mol. The van der Waals surface area contributed by atoms with Crippen molar-refractivity contribution in [2.45, 2.75) is 18.4 Å². The fourth-order valence-electron chi connectivity index (χ4n) is 3.27. The molecule has 8 heteroatoms. The Balaban J connectivity index is 1.38. The van der Waals surface area contributed by atoms with Gasteiger partial charge in [0.25, 0.3) is 15.9 Å². The number of carbonyl (C=O) groups is 1. The number of hydrogen-bond donors (Lipinski definition) is 2. The maximum Gasteiger partial charge on any atom is 0.261 e. The highest BCUT2D eigenvalue weighted by atomic mass is 35.5. The minimum atomic E-state index is -3.78. The lowest BCUT2D eigenvalue weighted by atomic mass is 10.2. The summed E-state index contributed by atoms with van der Waals surface area (Å²) in [6.45, 7) is 2.32. The van der Waals surface area contributed by atoms with Gasteiger partial charge in [0.05, 0.1) is 21.2 Å². The van der Waals surface area contributed by atoms with E-state index in [1.165, 1.54) is 30.3 Å². The van der Waals surface area contributed by atoms with Crippen molar-refractivity contribution in [2.24, 2.45) is 0 Å². The Bertz CT molecular complexity index is 1420. The van der Waals surface area contributed by atoms with E-state index in [0.717, 1.165) is 11.1 Å². The van der Waals surface area contributed by atoms with Crippen molar-refractivity contribution in [3.05, 3.63) is 119 Å². The smallest absolute Gasteiger partial charge is 0.261 e. The van der Waals surface area contributed by atoms with Gasteiger partial charge in [0, 0.05) is 5.69 Å². The molecule has 1 amide bonds. The van der Waals surface area contributed by atoms with Gasteiger partial charge in [-0.1, -0.05) is 59.6 Å². The molecular formula is C27H23ClN2O4S. The summed E-state index contributed by atoms with van der Waals surface area (Å²) >= 11 is 6.30. The van der Waals surface area contributed by atoms with Gasteiger partial charge < -0.3 is 10.1 Å². The molecule has 4 aromatic carbocycles. The standard InChI is InChI=1S/C27H23ClN2O4S/c1-19-7-14-24(15-8-19)35(32,33)30-22-11-16-25(26(28)17-22)27(31)29-21-9-12-23(13-10-21)34-18-20-5-3-2-4-6-20/h2-17,30H,18H2,1H3,(H,29,31). The summed E-state index contributed by atoms with van der Waals surface area (Å²) < 4.78 is 33.4. The van der Waals surface area contributed by atoms with E-state index in [4.69, 9.17) is 16.3 Å². The first-order valence-corrected chi connectivity index (χ1v) is 12.6. The SMILES string of the molecule is Cc1ccc(S(=O)(=O)Nc2ccc(C(=O)Nc3ccc(OCc4ccccc4)cc3)c(Cl)c2)cc1. The van der Waals surface area contributed by atoms with Crippen molar-refractivity contribution >= 4 is 38.9 Å². The summed E-state index contributed by atoms with van der Waals surface area (Å²) in [5, 5.41) is 2.90. The van der Waals surface area contributed by atoms with Crippen LogP contribution in [0.2, 0.25) is 5.02 Å². The second-order valence-electron chi connectivity index (χ2n) is 7.87. The highest BCUT2D eigenvalue weighted by Crippen LogP contribution is 2.25. The molecular weight excluding hydrogens is 484 g/mol. The fourth-order valence-corrected chi connectivity index (χ4v) is 4.58. The zero-order chi connectivity index (χ0) is 24.8. The van der Waals surface area contributed by atoms with Crippen LogP contribution in [-0.4, -0.2) is 14.3 Å². The molecule has 0 fully saturated rings. The highest BCUT2D eigenvalue weighted by Gasteiger charge is 2.16. The molecule has 0 bridgehead atoms. The molecule has 0 unspecified atom stereocenters. The molecule has 0 aliphatic rings. The molecule has 0 aliphatic carbocycles. The quantitative estimate of drug-likeness (QED) is 0.294. The van der Waals surface area contributed by atoms with Crippen LogP contribution in [0.4, 0.5) is 11.4 Å². The van der Waals surface area contributed by atoms with Gasteiger partial charge in [-0.2, -0.15) is 0 Å². The third kappa shape index (κ3) is 6.41. The predicted molar refractivity (Wildman–Crippen MR) is 139 cm³/mol. The number of halogens is 1. The van der Waals surface area contributed by atoms with E-state index in [-0.39, 0.29) is 21.2 Å². The van der Waals surface area contributed by atoms with Crippen LogP contribution in [0.5, 0.6) is 5.75 Å². The largest absolute Gasteiger partial charge is 0.489 e. The van der Waals surface area contributed by atoms with Gasteiger partial charge in [0.15, 0.2) is 0 Å². The maximum atomic E-state index is 12.7. The Kier molecular flexibility index (Phi) is 7.39. The van der Waals surface area contributed by atoms with Gasteiger partial charge in [-0.15, -0.1) is 0 Å². The molecule has 0 aromatic heterocycles. The van der Waals surface area contributed by atoms with Gasteiger partial charge in [0.2, 0.25) is 0 Å². The van der Waals surface area contributed by atoms with Gasteiger partial charge in [-0.25, -0.2) is 8.42 Å². The molecule has 0 saturated heterocycles. The number of ether oxygens (including phenoxy) is 1. The van der Waals surface area contributed by atoms with Crippen LogP contribution >= 0.6 is 11.6 Å². The van der Waals surface area contributed by atoms with Crippen molar-refractivity contribution in [1.82, 2.24) is 0 Å². The molecule has 0 aliphatic heterocycles. The van der Waals surface area contributed by atoms with Gasteiger partial charge in [0.1, 0.15) is 12.4 Å². The molecule has 178 valence electrons. The molecule has 0 spiro atoms. The molecule has 0 atom stereocenters. The van der Waals surface area contributed by atoms with Crippen molar-refractivity contribution in [3.63, 3.8) is 0 Å². The Morgan fingerprint density at radius 2 is 1.51 bits per heavy atom. The number of rotatable bonds is 8. The first-order valence-electron chi connectivity index (χ1n) is 10.8. The average Bonchev–Trinajstić information content (AvgIpc) is 2.84. The van der Waals surface area contributed by atoms with Crippen molar-refractivity contribution in [1.29, 1.82) is 0 Å². The molecule has 0 saturated carbocycles. The van der Waals surface area contributed by atoms with E-state index in [0.29, 0.717) is 18.0 Å². The second-order valence-corrected chi connectivity index (χ2v) is 9.96. The Labute approximate surface area is 209 Å². The lowest BCUT2D eigenvalue weighted by molar-refractivity contribution is 0.102. The van der Waals surface area contributed by atoms with E-state index < -0.39 is 15.9 Å². The molecule has 0 heterocycles. The third-order valence-electron chi connectivity index (χ3n) is 5.16. The van der Waals surface area contributed by atoms with Crippen molar-refractivity contribution < 1.29 is 17.9 Å². The number of amides is 1. The number of anilines is 2. The minimum Gasteiger partial charge on any atom is -0.489 e. The second kappa shape index (κ2) is 10.6. The average molecular weight is 507 g/mol. The molecule has 2 N–H and O–H groups in total. The lowest BCUT2D eigenvalue weighted by Gasteiger charge is -2.12. The minimum absolute atomic E-state index is 0.120. The van der Waals surface area contributed by atoms with Crippen LogP contribution in [0.25, 0.3) is 0 Å². The molecule has 4 aromatic rings. The molecule has 0 radical (unpaired) electrons. The summed E-state index contributed by atoms with van der Waals surface area (Å²) in [5.41, 5.74) is 3.06. The van der Waals surface area contributed by atoms with Gasteiger partial charge >= 0.3 is 0 Å². The van der Waals surface area contributed by atoms with Crippen LogP contribution in [0.3, 0.4) is 0 Å². The summed E-state index contributed by atoms with van der Waals surface area (Å²) in [5.74, 6) is 0.260. The topological polar surface area (TPSA) is 84.5 Å². The van der Waals surface area contributed by atoms with E-state index in [1.807, 2.05) is 37.3 Å². The zero-order valence-electron chi connectivity index (χ0n) is 18.9. The predicted octanol–water partition coefficient (Wildman–Crippen LogP) is 6.28. The van der Waals surface area contributed by atoms with E-state index in [2.05, 4.69) is 10.0 Å². The summed E-state index contributed by atoms with van der Waals surface area (Å²) in [6, 6.07) is 27.7. The molecule has 4 rings (SSSR count). The molecule has 6 nitrogen and oxygen atoms in total. The van der Waals surface area contributed by atoms with E-state index in [1.54, 1.807) is 36.4 Å². The Morgan fingerprint density at radius 1 is 0.857 bits per heavy atom. The Morgan fingerprint density at radius 3 is 2.17 bits per heavy atom. The summed E-state index contributed by atoms with van der Waals surface area (Å²) in [7, 11) is -3.78. The fraction of sp³-hybridized carbons (Fsp3) is 0.0741. The molecule has 35 heavy (non-hydrogen) atoms. The van der Waals surface area contributed by atoms with Crippen molar-refractivity contribution in [2.75, 3.05) is 10.0 Å². The van der Waals surface area contributed by atoms with Gasteiger partial charge in [-0.3, -0.25) is 9.52 Å². The van der Waals surface area contributed by atoms with Crippen LogP contribution in [0.15, 0.2) is 102 Å². The number of nitrogens with one attached hydrogen (secondary N) is 2.